The van der Waals surface area contributed by atoms with Crippen molar-refractivity contribution in [3.05, 3.63) is 102 Å². The van der Waals surface area contributed by atoms with Gasteiger partial charge in [0.15, 0.2) is 6.29 Å². The minimum atomic E-state index is -4.09. The summed E-state index contributed by atoms with van der Waals surface area (Å²) in [6, 6.07) is 24.9. The minimum absolute atomic E-state index is 0.0140. The second-order valence-electron chi connectivity index (χ2n) is 8.63. The van der Waals surface area contributed by atoms with Crippen molar-refractivity contribution in [2.75, 3.05) is 6.61 Å². The van der Waals surface area contributed by atoms with Gasteiger partial charge in [-0.25, -0.2) is 0 Å². The minimum Gasteiger partial charge on any atom is -0.387 e. The maximum Gasteiger partial charge on any atom is 0.297 e. The second-order valence-corrected chi connectivity index (χ2v) is 10.2. The van der Waals surface area contributed by atoms with Crippen molar-refractivity contribution in [3.8, 4) is 0 Å². The molecule has 0 spiro atoms. The summed E-state index contributed by atoms with van der Waals surface area (Å²) in [6.45, 7) is 1.64. The highest BCUT2D eigenvalue weighted by atomic mass is 32.2. The van der Waals surface area contributed by atoms with Gasteiger partial charge in [-0.15, -0.1) is 0 Å². The summed E-state index contributed by atoms with van der Waals surface area (Å²) < 4.78 is 47.8. The van der Waals surface area contributed by atoms with Crippen LogP contribution >= 0.6 is 0 Å². The molecule has 0 radical (unpaired) electrons. The van der Waals surface area contributed by atoms with Crippen LogP contribution in [0.3, 0.4) is 0 Å². The van der Waals surface area contributed by atoms with E-state index in [-0.39, 0.29) is 18.1 Å². The lowest BCUT2D eigenvalue weighted by Crippen LogP contribution is -2.60. The van der Waals surface area contributed by atoms with Gasteiger partial charge < -0.3 is 24.4 Å². The van der Waals surface area contributed by atoms with Gasteiger partial charge in [0.05, 0.1) is 24.7 Å². The van der Waals surface area contributed by atoms with Gasteiger partial charge in [-0.05, 0) is 30.2 Å². The van der Waals surface area contributed by atoms with Crippen molar-refractivity contribution < 1.29 is 37.0 Å². The number of aliphatic hydroxyl groups excluding tert-OH is 2. The number of hydrogen-bond donors (Lipinski definition) is 2. The lowest BCUT2D eigenvalue weighted by atomic mass is 9.98. The third-order valence-electron chi connectivity index (χ3n) is 5.90. The van der Waals surface area contributed by atoms with E-state index in [0.29, 0.717) is 0 Å². The molecule has 3 aromatic rings. The fraction of sp³-hybridized carbons (Fsp3) is 0.333. The normalized spacial score (nSPS) is 24.5. The van der Waals surface area contributed by atoms with Crippen LogP contribution in [-0.4, -0.2) is 55.9 Å². The molecule has 0 aliphatic carbocycles. The zero-order valence-electron chi connectivity index (χ0n) is 19.8. The first-order valence-electron chi connectivity index (χ1n) is 11.6. The van der Waals surface area contributed by atoms with E-state index in [2.05, 4.69) is 0 Å². The molecule has 1 aliphatic rings. The number of aryl methyl sites for hydroxylation is 1. The average Bonchev–Trinajstić information content (AvgIpc) is 2.89. The number of hydrogen-bond acceptors (Lipinski definition) is 8. The molecular formula is C27H30O8S. The summed E-state index contributed by atoms with van der Waals surface area (Å²) >= 11 is 0. The standard InChI is InChI=1S/C27H30O8S/c1-19-12-14-22(15-13-19)36(30,31)34-18-23-24(28)25(32-16-20-8-4-2-5-9-20)26(27(29)35-23)33-17-21-10-6-3-7-11-21/h2-15,23-29H,16-18H2,1H3/t23-,24-,25+,26-,27-/m1/s1. The molecule has 8 nitrogen and oxygen atoms in total. The van der Waals surface area contributed by atoms with Gasteiger partial charge in [0.25, 0.3) is 10.1 Å². The van der Waals surface area contributed by atoms with Crippen molar-refractivity contribution in [3.63, 3.8) is 0 Å². The highest BCUT2D eigenvalue weighted by Crippen LogP contribution is 2.28. The van der Waals surface area contributed by atoms with Crippen LogP contribution in [-0.2, 0) is 41.7 Å². The molecule has 0 amide bonds. The smallest absolute Gasteiger partial charge is 0.297 e. The van der Waals surface area contributed by atoms with E-state index < -0.39 is 47.4 Å². The van der Waals surface area contributed by atoms with Crippen LogP contribution in [0.2, 0.25) is 0 Å². The predicted molar refractivity (Wildman–Crippen MR) is 131 cm³/mol. The topological polar surface area (TPSA) is 112 Å². The quantitative estimate of drug-likeness (QED) is 0.397. The van der Waals surface area contributed by atoms with Gasteiger partial charge in [0.1, 0.15) is 24.4 Å². The van der Waals surface area contributed by atoms with Crippen molar-refractivity contribution in [1.82, 2.24) is 0 Å². The lowest BCUT2D eigenvalue weighted by Gasteiger charge is -2.42. The van der Waals surface area contributed by atoms with Crippen molar-refractivity contribution in [2.24, 2.45) is 0 Å². The monoisotopic (exact) mass is 514 g/mol. The van der Waals surface area contributed by atoms with Crippen LogP contribution in [0.1, 0.15) is 16.7 Å². The molecule has 1 saturated heterocycles. The van der Waals surface area contributed by atoms with Gasteiger partial charge in [-0.1, -0.05) is 78.4 Å². The first-order valence-corrected chi connectivity index (χ1v) is 13.0. The van der Waals surface area contributed by atoms with Crippen LogP contribution in [0.5, 0.6) is 0 Å². The van der Waals surface area contributed by atoms with Gasteiger partial charge >= 0.3 is 0 Å². The van der Waals surface area contributed by atoms with Gasteiger partial charge in [0, 0.05) is 0 Å². The Hall–Kier alpha value is -2.63. The zero-order chi connectivity index (χ0) is 25.5. The van der Waals surface area contributed by atoms with Crippen molar-refractivity contribution >= 4 is 10.1 Å². The molecule has 4 rings (SSSR count). The maximum atomic E-state index is 12.6. The molecule has 9 heteroatoms. The third kappa shape index (κ3) is 6.77. The fourth-order valence-corrected chi connectivity index (χ4v) is 4.80. The molecule has 0 aromatic heterocycles. The molecule has 3 aromatic carbocycles. The Morgan fingerprint density at radius 3 is 1.86 bits per heavy atom. The molecule has 192 valence electrons. The summed E-state index contributed by atoms with van der Waals surface area (Å²) in [5, 5.41) is 21.8. The SMILES string of the molecule is Cc1ccc(S(=O)(=O)OC[C@H]2O[C@@H](O)[C@H](OCc3ccccc3)[C@@H](OCc3ccccc3)[C@@H]2O)cc1. The number of aliphatic hydroxyl groups is 2. The zero-order valence-corrected chi connectivity index (χ0v) is 20.7. The van der Waals surface area contributed by atoms with E-state index in [1.54, 1.807) is 12.1 Å². The molecule has 2 N–H and O–H groups in total. The summed E-state index contributed by atoms with van der Waals surface area (Å²) in [4.78, 5) is -0.0140. The molecule has 1 fully saturated rings. The Morgan fingerprint density at radius 1 is 0.778 bits per heavy atom. The van der Waals surface area contributed by atoms with Crippen LogP contribution in [0.25, 0.3) is 0 Å². The molecule has 0 saturated carbocycles. The van der Waals surface area contributed by atoms with Crippen LogP contribution in [0, 0.1) is 6.92 Å². The van der Waals surface area contributed by atoms with Gasteiger partial charge in [-0.3, -0.25) is 4.18 Å². The number of ether oxygens (including phenoxy) is 3. The first-order chi connectivity index (χ1) is 17.3. The molecule has 1 heterocycles. The molecule has 0 unspecified atom stereocenters. The van der Waals surface area contributed by atoms with Crippen LogP contribution in [0.15, 0.2) is 89.8 Å². The van der Waals surface area contributed by atoms with Crippen molar-refractivity contribution in [1.29, 1.82) is 0 Å². The maximum absolute atomic E-state index is 12.6. The van der Waals surface area contributed by atoms with E-state index in [4.69, 9.17) is 18.4 Å². The Morgan fingerprint density at radius 2 is 1.31 bits per heavy atom. The Balaban J connectivity index is 1.47. The lowest BCUT2D eigenvalue weighted by molar-refractivity contribution is -0.306. The summed E-state index contributed by atoms with van der Waals surface area (Å²) in [5.41, 5.74) is 2.64. The Kier molecular flexibility index (Phi) is 8.86. The highest BCUT2D eigenvalue weighted by Gasteiger charge is 2.47. The molecule has 36 heavy (non-hydrogen) atoms. The van der Waals surface area contributed by atoms with Crippen molar-refractivity contribution in [2.45, 2.75) is 55.7 Å². The van der Waals surface area contributed by atoms with E-state index in [0.717, 1.165) is 16.7 Å². The van der Waals surface area contributed by atoms with E-state index in [1.807, 2.05) is 67.6 Å². The van der Waals surface area contributed by atoms with Crippen LogP contribution in [0.4, 0.5) is 0 Å². The summed E-state index contributed by atoms with van der Waals surface area (Å²) in [6.07, 6.45) is -6.00. The van der Waals surface area contributed by atoms with Gasteiger partial charge in [-0.2, -0.15) is 8.42 Å². The average molecular weight is 515 g/mol. The first kappa shape index (κ1) is 26.4. The Labute approximate surface area is 211 Å². The molecule has 0 bridgehead atoms. The second kappa shape index (κ2) is 12.1. The van der Waals surface area contributed by atoms with Crippen LogP contribution < -0.4 is 0 Å². The summed E-state index contributed by atoms with van der Waals surface area (Å²) in [7, 11) is -4.09. The van der Waals surface area contributed by atoms with Gasteiger partial charge in [0.2, 0.25) is 0 Å². The van der Waals surface area contributed by atoms with E-state index in [1.165, 1.54) is 12.1 Å². The number of benzene rings is 3. The van der Waals surface area contributed by atoms with E-state index >= 15 is 0 Å². The highest BCUT2D eigenvalue weighted by molar-refractivity contribution is 7.86. The largest absolute Gasteiger partial charge is 0.387 e. The number of rotatable bonds is 10. The fourth-order valence-electron chi connectivity index (χ4n) is 3.88. The summed E-state index contributed by atoms with van der Waals surface area (Å²) in [5.74, 6) is 0. The molecular weight excluding hydrogens is 484 g/mol. The predicted octanol–water partition coefficient (Wildman–Crippen LogP) is 2.95. The van der Waals surface area contributed by atoms with E-state index in [9.17, 15) is 18.6 Å². The molecule has 1 aliphatic heterocycles. The third-order valence-corrected chi connectivity index (χ3v) is 7.20. The molecule has 5 atom stereocenters. The Bertz CT molecular complexity index is 1190.